The summed E-state index contributed by atoms with van der Waals surface area (Å²) in [6.07, 6.45) is 1.01. The van der Waals surface area contributed by atoms with Crippen LogP contribution >= 0.6 is 11.6 Å². The number of rotatable bonds is 1. The minimum absolute atomic E-state index is 0.105. The predicted molar refractivity (Wildman–Crippen MR) is 69.5 cm³/mol. The number of hydrogen-bond donors (Lipinski definition) is 0. The number of halogens is 4. The van der Waals surface area contributed by atoms with Crippen molar-refractivity contribution < 1.29 is 13.2 Å². The van der Waals surface area contributed by atoms with Crippen molar-refractivity contribution in [3.63, 3.8) is 0 Å². The van der Waals surface area contributed by atoms with Gasteiger partial charge in [0.25, 0.3) is 0 Å². The highest BCUT2D eigenvalue weighted by atomic mass is 35.5. The highest BCUT2D eigenvalue weighted by Crippen LogP contribution is 2.33. The molecule has 2 heterocycles. The summed E-state index contributed by atoms with van der Waals surface area (Å²) in [4.78, 5) is 5.94. The summed E-state index contributed by atoms with van der Waals surface area (Å²) < 4.78 is 38.3. The first-order chi connectivity index (χ1) is 8.97. The van der Waals surface area contributed by atoms with Crippen LogP contribution in [0.1, 0.15) is 37.7 Å². The molecular weight excluding hydrogens is 277 g/mol. The Hall–Kier alpha value is -0.970. The molecule has 1 aromatic heterocycles. The van der Waals surface area contributed by atoms with E-state index in [4.69, 9.17) is 11.6 Å². The third kappa shape index (κ3) is 4.00. The lowest BCUT2D eigenvalue weighted by atomic mass is 10.1. The molecule has 1 saturated heterocycles. The Labute approximate surface area is 115 Å². The number of anilines is 1. The normalized spacial score (nSPS) is 18.0. The van der Waals surface area contributed by atoms with Gasteiger partial charge in [-0.3, -0.25) is 0 Å². The van der Waals surface area contributed by atoms with Crippen LogP contribution in [-0.4, -0.2) is 18.1 Å². The molecule has 1 aliphatic heterocycles. The van der Waals surface area contributed by atoms with Crippen LogP contribution in [0.4, 0.5) is 19.0 Å². The third-order valence-electron chi connectivity index (χ3n) is 3.29. The van der Waals surface area contributed by atoms with Crippen LogP contribution in [0, 0.1) is 0 Å². The van der Waals surface area contributed by atoms with Crippen LogP contribution in [-0.2, 0) is 6.18 Å². The molecule has 1 aliphatic rings. The fraction of sp³-hybridized carbons (Fsp3) is 0.615. The van der Waals surface area contributed by atoms with Gasteiger partial charge in [-0.1, -0.05) is 30.9 Å². The van der Waals surface area contributed by atoms with Gasteiger partial charge < -0.3 is 4.90 Å². The Balaban J connectivity index is 2.24. The topological polar surface area (TPSA) is 16.1 Å². The molecule has 106 valence electrons. The van der Waals surface area contributed by atoms with Crippen molar-refractivity contribution in [2.45, 2.75) is 38.3 Å². The van der Waals surface area contributed by atoms with Gasteiger partial charge in [0.05, 0.1) is 5.56 Å². The number of aromatic nitrogens is 1. The molecule has 19 heavy (non-hydrogen) atoms. The van der Waals surface area contributed by atoms with Crippen LogP contribution in [0.5, 0.6) is 0 Å². The molecule has 2 nitrogen and oxygen atoms in total. The summed E-state index contributed by atoms with van der Waals surface area (Å²) in [5.74, 6) is 0.335. The van der Waals surface area contributed by atoms with Crippen LogP contribution in [0.3, 0.4) is 0 Å². The van der Waals surface area contributed by atoms with Gasteiger partial charge in [0, 0.05) is 13.1 Å². The maximum Gasteiger partial charge on any atom is 0.416 e. The predicted octanol–water partition coefficient (Wildman–Crippen LogP) is 4.52. The van der Waals surface area contributed by atoms with E-state index >= 15 is 0 Å². The second-order valence-corrected chi connectivity index (χ2v) is 5.18. The summed E-state index contributed by atoms with van der Waals surface area (Å²) in [6, 6.07) is 1.96. The standard InChI is InChI=1S/C13H16ClF3N2/c14-11-8-10(13(15,16)17)9-12(18-11)19-6-4-2-1-3-5-7-19/h8-9H,1-7H2. The Morgan fingerprint density at radius 3 is 2.16 bits per heavy atom. The summed E-state index contributed by atoms with van der Waals surface area (Å²) in [5.41, 5.74) is -0.732. The van der Waals surface area contributed by atoms with E-state index in [-0.39, 0.29) is 5.15 Å². The monoisotopic (exact) mass is 292 g/mol. The van der Waals surface area contributed by atoms with Gasteiger partial charge in [0.15, 0.2) is 0 Å². The van der Waals surface area contributed by atoms with Crippen molar-refractivity contribution in [1.82, 2.24) is 4.98 Å². The molecule has 6 heteroatoms. The maximum atomic E-state index is 12.8. The zero-order valence-corrected chi connectivity index (χ0v) is 11.3. The quantitative estimate of drug-likeness (QED) is 0.707. The van der Waals surface area contributed by atoms with Crippen LogP contribution in [0.15, 0.2) is 12.1 Å². The van der Waals surface area contributed by atoms with Gasteiger partial charge in [-0.25, -0.2) is 4.98 Å². The molecule has 0 saturated carbocycles. The summed E-state index contributed by atoms with van der Waals surface area (Å²) in [5, 5.41) is -0.105. The van der Waals surface area contributed by atoms with E-state index in [0.29, 0.717) is 5.82 Å². The first kappa shape index (κ1) is 14.4. The van der Waals surface area contributed by atoms with E-state index in [0.717, 1.165) is 50.9 Å². The van der Waals surface area contributed by atoms with Crippen molar-refractivity contribution in [1.29, 1.82) is 0 Å². The molecule has 1 fully saturated rings. The number of hydrogen-bond acceptors (Lipinski definition) is 2. The molecule has 2 rings (SSSR count). The summed E-state index contributed by atoms with van der Waals surface area (Å²) in [6.45, 7) is 1.48. The van der Waals surface area contributed by atoms with E-state index in [2.05, 4.69) is 4.98 Å². The molecule has 0 aliphatic carbocycles. The van der Waals surface area contributed by atoms with Gasteiger partial charge in [0.2, 0.25) is 0 Å². The molecule has 0 bridgehead atoms. The zero-order chi connectivity index (χ0) is 13.9. The van der Waals surface area contributed by atoms with Gasteiger partial charge in [-0.2, -0.15) is 13.2 Å². The Morgan fingerprint density at radius 2 is 1.58 bits per heavy atom. The van der Waals surface area contributed by atoms with Gasteiger partial charge in [-0.05, 0) is 25.0 Å². The number of pyridine rings is 1. The summed E-state index contributed by atoms with van der Waals surface area (Å²) in [7, 11) is 0. The van der Waals surface area contributed by atoms with Crippen LogP contribution in [0.2, 0.25) is 5.15 Å². The number of nitrogens with zero attached hydrogens (tertiary/aromatic N) is 2. The minimum Gasteiger partial charge on any atom is -0.357 e. The smallest absolute Gasteiger partial charge is 0.357 e. The van der Waals surface area contributed by atoms with Crippen molar-refractivity contribution in [2.24, 2.45) is 0 Å². The van der Waals surface area contributed by atoms with Crippen LogP contribution < -0.4 is 4.90 Å². The first-order valence-electron chi connectivity index (χ1n) is 6.46. The molecular formula is C13H16ClF3N2. The fourth-order valence-corrected chi connectivity index (χ4v) is 2.49. The third-order valence-corrected chi connectivity index (χ3v) is 3.48. The zero-order valence-electron chi connectivity index (χ0n) is 10.5. The van der Waals surface area contributed by atoms with Crippen molar-refractivity contribution in [3.05, 3.63) is 22.8 Å². The lowest BCUT2D eigenvalue weighted by Crippen LogP contribution is -2.28. The Kier molecular flexibility index (Phi) is 4.55. The fourth-order valence-electron chi connectivity index (χ4n) is 2.29. The van der Waals surface area contributed by atoms with E-state index in [1.54, 1.807) is 0 Å². The molecule has 0 spiro atoms. The first-order valence-corrected chi connectivity index (χ1v) is 6.84. The van der Waals surface area contributed by atoms with E-state index in [1.165, 1.54) is 6.42 Å². The molecule has 0 aromatic carbocycles. The largest absolute Gasteiger partial charge is 0.416 e. The van der Waals surface area contributed by atoms with Gasteiger partial charge in [-0.15, -0.1) is 0 Å². The van der Waals surface area contributed by atoms with Crippen molar-refractivity contribution in [2.75, 3.05) is 18.0 Å². The van der Waals surface area contributed by atoms with Gasteiger partial charge >= 0.3 is 6.18 Å². The second kappa shape index (κ2) is 5.99. The lowest BCUT2D eigenvalue weighted by Gasteiger charge is -2.26. The van der Waals surface area contributed by atoms with E-state index in [1.807, 2.05) is 4.90 Å². The highest BCUT2D eigenvalue weighted by Gasteiger charge is 2.32. The Morgan fingerprint density at radius 1 is 1.00 bits per heavy atom. The molecule has 0 unspecified atom stereocenters. The molecule has 0 radical (unpaired) electrons. The van der Waals surface area contributed by atoms with E-state index in [9.17, 15) is 13.2 Å². The van der Waals surface area contributed by atoms with Crippen molar-refractivity contribution >= 4 is 17.4 Å². The van der Waals surface area contributed by atoms with Crippen LogP contribution in [0.25, 0.3) is 0 Å². The van der Waals surface area contributed by atoms with Gasteiger partial charge in [0.1, 0.15) is 11.0 Å². The highest BCUT2D eigenvalue weighted by molar-refractivity contribution is 6.29. The molecule has 1 aromatic rings. The van der Waals surface area contributed by atoms with Crippen molar-refractivity contribution in [3.8, 4) is 0 Å². The summed E-state index contributed by atoms with van der Waals surface area (Å²) >= 11 is 5.71. The average molecular weight is 293 g/mol. The molecule has 0 amide bonds. The Bertz CT molecular complexity index is 426. The minimum atomic E-state index is -4.38. The number of alkyl halides is 3. The SMILES string of the molecule is FC(F)(F)c1cc(Cl)nc(N2CCCCCCC2)c1. The molecule has 0 atom stereocenters. The lowest BCUT2D eigenvalue weighted by molar-refractivity contribution is -0.137. The van der Waals surface area contributed by atoms with E-state index < -0.39 is 11.7 Å². The second-order valence-electron chi connectivity index (χ2n) is 4.79. The average Bonchev–Trinajstić information content (AvgIpc) is 2.26. The maximum absolute atomic E-state index is 12.8. The molecule has 0 N–H and O–H groups in total.